The van der Waals surface area contributed by atoms with Crippen molar-refractivity contribution in [1.82, 2.24) is 10.2 Å². The van der Waals surface area contributed by atoms with Gasteiger partial charge in [0.25, 0.3) is 0 Å². The van der Waals surface area contributed by atoms with Gasteiger partial charge in [0.2, 0.25) is 11.8 Å². The average molecular weight is 288 g/mol. The Kier molecular flexibility index (Phi) is 4.40. The summed E-state index contributed by atoms with van der Waals surface area (Å²) in [5.41, 5.74) is 1.91. The van der Waals surface area contributed by atoms with Crippen LogP contribution in [0.3, 0.4) is 0 Å². The van der Waals surface area contributed by atoms with Gasteiger partial charge in [-0.3, -0.25) is 4.79 Å². The Labute approximate surface area is 124 Å². The van der Waals surface area contributed by atoms with Gasteiger partial charge < -0.3 is 9.52 Å². The highest BCUT2D eigenvalue weighted by atomic mass is 16.4. The lowest BCUT2D eigenvalue weighted by molar-refractivity contribution is -0.139. The van der Waals surface area contributed by atoms with E-state index in [4.69, 9.17) is 9.52 Å². The first-order valence-corrected chi connectivity index (χ1v) is 6.93. The van der Waals surface area contributed by atoms with E-state index >= 15 is 0 Å². The molecule has 0 atom stereocenters. The summed E-state index contributed by atoms with van der Waals surface area (Å²) in [7, 11) is 0. The molecule has 0 saturated heterocycles. The average Bonchev–Trinajstić information content (AvgIpc) is 2.73. The highest BCUT2D eigenvalue weighted by molar-refractivity contribution is 5.67. The summed E-state index contributed by atoms with van der Waals surface area (Å²) in [4.78, 5) is 10.8. The van der Waals surface area contributed by atoms with Crippen molar-refractivity contribution in [2.45, 2.75) is 40.0 Å². The zero-order valence-corrected chi connectivity index (χ0v) is 12.6. The van der Waals surface area contributed by atoms with Gasteiger partial charge in [-0.2, -0.15) is 0 Å². The van der Waals surface area contributed by atoms with Crippen LogP contribution >= 0.6 is 0 Å². The van der Waals surface area contributed by atoms with Crippen molar-refractivity contribution < 1.29 is 14.3 Å². The molecule has 0 unspecified atom stereocenters. The Bertz CT molecular complexity index is 632. The molecule has 0 amide bonds. The Hall–Kier alpha value is -2.17. The molecular formula is C16H20N2O3. The number of benzene rings is 1. The highest BCUT2D eigenvalue weighted by Crippen LogP contribution is 2.25. The molecule has 0 saturated carbocycles. The molecular weight excluding hydrogens is 268 g/mol. The first-order chi connectivity index (χ1) is 9.84. The third-order valence-electron chi connectivity index (χ3n) is 3.21. The lowest BCUT2D eigenvalue weighted by Gasteiger charge is -2.19. The van der Waals surface area contributed by atoms with Crippen LogP contribution in [0.5, 0.6) is 0 Å². The number of rotatable bonds is 6. The van der Waals surface area contributed by atoms with Crippen molar-refractivity contribution in [3.8, 4) is 0 Å². The minimum Gasteiger partial charge on any atom is -0.481 e. The molecule has 1 heterocycles. The number of aromatic nitrogens is 2. The maximum absolute atomic E-state index is 10.8. The smallest absolute Gasteiger partial charge is 0.303 e. The molecule has 0 fully saturated rings. The van der Waals surface area contributed by atoms with Crippen molar-refractivity contribution in [1.29, 1.82) is 0 Å². The second kappa shape index (κ2) is 6.08. The molecule has 0 aliphatic heterocycles. The quantitative estimate of drug-likeness (QED) is 0.884. The summed E-state index contributed by atoms with van der Waals surface area (Å²) in [6.07, 6.45) is 1.12. The van der Waals surface area contributed by atoms with Crippen molar-refractivity contribution in [3.05, 3.63) is 47.2 Å². The zero-order chi connectivity index (χ0) is 15.5. The topological polar surface area (TPSA) is 76.2 Å². The Morgan fingerprint density at radius 3 is 2.67 bits per heavy atom. The fraction of sp³-hybridized carbons (Fsp3) is 0.438. The van der Waals surface area contributed by atoms with E-state index in [1.54, 1.807) is 0 Å². The zero-order valence-electron chi connectivity index (χ0n) is 12.6. The van der Waals surface area contributed by atoms with Gasteiger partial charge in [0.1, 0.15) is 0 Å². The minimum atomic E-state index is -0.820. The first kappa shape index (κ1) is 15.2. The van der Waals surface area contributed by atoms with Gasteiger partial charge in [-0.05, 0) is 17.9 Å². The molecule has 2 aromatic rings. The summed E-state index contributed by atoms with van der Waals surface area (Å²) < 4.78 is 5.63. The van der Waals surface area contributed by atoms with Crippen molar-refractivity contribution in [2.24, 2.45) is 5.41 Å². The maximum atomic E-state index is 10.8. The summed E-state index contributed by atoms with van der Waals surface area (Å²) in [5.74, 6) is 0.227. The summed E-state index contributed by atoms with van der Waals surface area (Å²) in [6.45, 7) is 5.80. The van der Waals surface area contributed by atoms with Gasteiger partial charge in [0.05, 0.1) is 12.8 Å². The van der Waals surface area contributed by atoms with E-state index in [1.165, 1.54) is 5.56 Å². The number of carboxylic acids is 1. The van der Waals surface area contributed by atoms with Gasteiger partial charge in [-0.15, -0.1) is 10.2 Å². The number of aliphatic carboxylic acids is 1. The SMILES string of the molecule is Cc1cccc(Cc2nnc(CC(C)(C)CC(=O)O)o2)c1. The molecule has 0 radical (unpaired) electrons. The Morgan fingerprint density at radius 1 is 1.29 bits per heavy atom. The lowest BCUT2D eigenvalue weighted by Crippen LogP contribution is -2.19. The van der Waals surface area contributed by atoms with E-state index in [0.29, 0.717) is 24.6 Å². The normalized spacial score (nSPS) is 11.6. The third-order valence-corrected chi connectivity index (χ3v) is 3.21. The van der Waals surface area contributed by atoms with Gasteiger partial charge in [-0.1, -0.05) is 43.7 Å². The van der Waals surface area contributed by atoms with Gasteiger partial charge >= 0.3 is 5.97 Å². The molecule has 2 rings (SSSR count). The molecule has 1 aromatic carbocycles. The van der Waals surface area contributed by atoms with E-state index < -0.39 is 11.4 Å². The Morgan fingerprint density at radius 2 is 2.00 bits per heavy atom. The number of nitrogens with zero attached hydrogens (tertiary/aromatic N) is 2. The molecule has 5 nitrogen and oxygen atoms in total. The molecule has 21 heavy (non-hydrogen) atoms. The molecule has 112 valence electrons. The fourth-order valence-electron chi connectivity index (χ4n) is 2.31. The monoisotopic (exact) mass is 288 g/mol. The molecule has 1 N–H and O–H groups in total. The Balaban J connectivity index is 2.03. The van der Waals surface area contributed by atoms with Crippen LogP contribution in [-0.4, -0.2) is 21.3 Å². The predicted molar refractivity (Wildman–Crippen MR) is 78.0 cm³/mol. The van der Waals surface area contributed by atoms with Crippen molar-refractivity contribution >= 4 is 5.97 Å². The van der Waals surface area contributed by atoms with Crippen LogP contribution in [0.4, 0.5) is 0 Å². The van der Waals surface area contributed by atoms with E-state index in [-0.39, 0.29) is 6.42 Å². The van der Waals surface area contributed by atoms with Crippen molar-refractivity contribution in [2.75, 3.05) is 0 Å². The van der Waals surface area contributed by atoms with Gasteiger partial charge in [-0.25, -0.2) is 0 Å². The number of aryl methyl sites for hydroxylation is 1. The van der Waals surface area contributed by atoms with Gasteiger partial charge in [0.15, 0.2) is 0 Å². The second-order valence-corrected chi connectivity index (χ2v) is 6.17. The van der Waals surface area contributed by atoms with Crippen molar-refractivity contribution in [3.63, 3.8) is 0 Å². The number of carboxylic acid groups (broad SMARTS) is 1. The highest BCUT2D eigenvalue weighted by Gasteiger charge is 2.25. The number of hydrogen-bond acceptors (Lipinski definition) is 4. The minimum absolute atomic E-state index is 0.0720. The van der Waals surface area contributed by atoms with Crippen LogP contribution in [0.25, 0.3) is 0 Å². The molecule has 0 aliphatic rings. The molecule has 0 spiro atoms. The van der Waals surface area contributed by atoms with E-state index in [1.807, 2.05) is 39.0 Å². The summed E-state index contributed by atoms with van der Waals surface area (Å²) in [6, 6.07) is 8.14. The van der Waals surface area contributed by atoms with Crippen LogP contribution in [0, 0.1) is 12.3 Å². The molecule has 1 aromatic heterocycles. The largest absolute Gasteiger partial charge is 0.481 e. The number of hydrogen-bond donors (Lipinski definition) is 1. The summed E-state index contributed by atoms with van der Waals surface area (Å²) >= 11 is 0. The summed E-state index contributed by atoms with van der Waals surface area (Å²) in [5, 5.41) is 16.9. The lowest BCUT2D eigenvalue weighted by atomic mass is 9.86. The van der Waals surface area contributed by atoms with E-state index in [2.05, 4.69) is 16.3 Å². The maximum Gasteiger partial charge on any atom is 0.303 e. The fourth-order valence-corrected chi connectivity index (χ4v) is 2.31. The molecule has 0 aliphatic carbocycles. The number of carbonyl (C=O) groups is 1. The second-order valence-electron chi connectivity index (χ2n) is 6.17. The standard InChI is InChI=1S/C16H20N2O3/c1-11-5-4-6-12(7-11)8-13-17-18-14(21-13)9-16(2,3)10-15(19)20/h4-7H,8-10H2,1-3H3,(H,19,20). The third kappa shape index (κ3) is 4.70. The van der Waals surface area contributed by atoms with Gasteiger partial charge in [0, 0.05) is 6.42 Å². The van der Waals surface area contributed by atoms with Crippen LogP contribution < -0.4 is 0 Å². The van der Waals surface area contributed by atoms with E-state index in [0.717, 1.165) is 5.56 Å². The first-order valence-electron chi connectivity index (χ1n) is 6.93. The molecule has 0 bridgehead atoms. The van der Waals surface area contributed by atoms with Crippen LogP contribution in [-0.2, 0) is 17.6 Å². The predicted octanol–water partition coefficient (Wildman–Crippen LogP) is 3.01. The van der Waals surface area contributed by atoms with Crippen LogP contribution in [0.1, 0.15) is 43.2 Å². The van der Waals surface area contributed by atoms with E-state index in [9.17, 15) is 4.79 Å². The van der Waals surface area contributed by atoms with Crippen LogP contribution in [0.2, 0.25) is 0 Å². The van der Waals surface area contributed by atoms with Crippen LogP contribution in [0.15, 0.2) is 28.7 Å². The molecule has 5 heteroatoms.